The van der Waals surface area contributed by atoms with Crippen molar-refractivity contribution in [1.82, 2.24) is 0 Å². The number of hydrogen-bond acceptors (Lipinski definition) is 3. The molecule has 0 aliphatic carbocycles. The van der Waals surface area contributed by atoms with Crippen molar-refractivity contribution in [2.75, 3.05) is 0 Å². The summed E-state index contributed by atoms with van der Waals surface area (Å²) in [7, 11) is -4.59. The Morgan fingerprint density at radius 2 is 1.57 bits per heavy atom. The third kappa shape index (κ3) is 11.3. The van der Waals surface area contributed by atoms with Gasteiger partial charge in [-0.25, -0.2) is 9.82 Å². The molecule has 0 atom stereocenters. The molecule has 0 spiro atoms. The zero-order chi connectivity index (χ0) is 5.21. The summed E-state index contributed by atoms with van der Waals surface area (Å²) in [4.78, 5) is 14.9. The van der Waals surface area contributed by atoms with Crippen LogP contribution in [0.15, 0.2) is 0 Å². The molecule has 0 unspecified atom stereocenters. The molecule has 3 N–H and O–H groups in total. The Bertz CT molecular complexity index is 72.1. The standard InChI is InChI=1S/K.H3O5P.H/c;1-5-6(2,3)4;/h;1H,(H2,2,3,4);. The van der Waals surface area contributed by atoms with Crippen LogP contribution in [-0.2, 0) is 9.24 Å². The Morgan fingerprint density at radius 1 is 1.43 bits per heavy atom. The molecule has 0 saturated carbocycles. The molecular weight excluding hydrogens is 150 g/mol. The van der Waals surface area contributed by atoms with Crippen LogP contribution in [0.5, 0.6) is 0 Å². The van der Waals surface area contributed by atoms with Crippen LogP contribution in [0.25, 0.3) is 0 Å². The van der Waals surface area contributed by atoms with Crippen molar-refractivity contribution in [2.45, 2.75) is 0 Å². The molecule has 0 bridgehead atoms. The summed E-state index contributed by atoms with van der Waals surface area (Å²) in [5.41, 5.74) is 0. The van der Waals surface area contributed by atoms with Crippen LogP contribution in [0.4, 0.5) is 0 Å². The van der Waals surface area contributed by atoms with Crippen molar-refractivity contribution < 1.29 is 24.3 Å². The molecule has 0 aliphatic rings. The van der Waals surface area contributed by atoms with Gasteiger partial charge in [0.15, 0.2) is 0 Å². The zero-order valence-corrected chi connectivity index (χ0v) is 3.50. The van der Waals surface area contributed by atoms with E-state index in [-0.39, 0.29) is 51.4 Å². The fourth-order valence-corrected chi connectivity index (χ4v) is 0. The SMILES string of the molecule is O=P(O)(O)OO.[KH]. The van der Waals surface area contributed by atoms with Gasteiger partial charge in [-0.05, 0) is 0 Å². The van der Waals surface area contributed by atoms with E-state index in [1.807, 2.05) is 0 Å². The monoisotopic (exact) mass is 154 g/mol. The van der Waals surface area contributed by atoms with E-state index in [1.165, 1.54) is 0 Å². The Balaban J connectivity index is 0. The topological polar surface area (TPSA) is 87.0 Å². The first-order chi connectivity index (χ1) is 2.56. The van der Waals surface area contributed by atoms with Crippen LogP contribution in [0, 0.1) is 0 Å². The van der Waals surface area contributed by atoms with Crippen LogP contribution in [0.1, 0.15) is 0 Å². The Kier molecular flexibility index (Phi) is 7.51. The average molecular weight is 154 g/mol. The predicted molar refractivity (Wildman–Crippen MR) is 22.9 cm³/mol. The van der Waals surface area contributed by atoms with Crippen LogP contribution in [0.2, 0.25) is 0 Å². The van der Waals surface area contributed by atoms with Gasteiger partial charge in [-0.2, -0.15) is 0 Å². The summed E-state index contributed by atoms with van der Waals surface area (Å²) in [6.07, 6.45) is 0. The predicted octanol–water partition coefficient (Wildman–Crippen LogP) is -1.08. The molecular formula is H4KO5P. The van der Waals surface area contributed by atoms with Crippen LogP contribution >= 0.6 is 7.82 Å². The second kappa shape index (κ2) is 4.57. The normalized spacial score (nSPS) is 10.1. The van der Waals surface area contributed by atoms with E-state index in [2.05, 4.69) is 4.67 Å². The number of phosphoric acid groups is 1. The first-order valence-electron chi connectivity index (χ1n) is 0.948. The third-order valence-corrected chi connectivity index (χ3v) is 0.319. The average Bonchev–Trinajstić information content (AvgIpc) is 1.35. The minimum absolute atomic E-state index is 0. The molecule has 5 nitrogen and oxygen atoms in total. The van der Waals surface area contributed by atoms with E-state index in [0.717, 1.165) is 0 Å². The van der Waals surface area contributed by atoms with Gasteiger partial charge in [-0.1, -0.05) is 0 Å². The van der Waals surface area contributed by atoms with Crippen molar-refractivity contribution in [3.63, 3.8) is 0 Å². The second-order valence-corrected chi connectivity index (χ2v) is 1.72. The number of hydrogen-bond donors (Lipinski definition) is 3. The summed E-state index contributed by atoms with van der Waals surface area (Å²) in [6.45, 7) is 0. The van der Waals surface area contributed by atoms with Gasteiger partial charge in [0.1, 0.15) is 0 Å². The molecule has 0 aromatic rings. The van der Waals surface area contributed by atoms with Gasteiger partial charge in [0, 0.05) is 0 Å². The Labute approximate surface area is 82.3 Å². The van der Waals surface area contributed by atoms with Crippen molar-refractivity contribution in [2.24, 2.45) is 0 Å². The van der Waals surface area contributed by atoms with E-state index >= 15 is 0 Å². The first kappa shape index (κ1) is 11.5. The van der Waals surface area contributed by atoms with E-state index in [9.17, 15) is 4.57 Å². The van der Waals surface area contributed by atoms with Gasteiger partial charge in [0.2, 0.25) is 0 Å². The fraction of sp³-hybridized carbons (Fsp3) is 0. The van der Waals surface area contributed by atoms with Gasteiger partial charge in [-0.15, -0.1) is 4.67 Å². The first-order valence-corrected chi connectivity index (χ1v) is 2.48. The summed E-state index contributed by atoms with van der Waals surface area (Å²) in [5.74, 6) is 0. The third-order valence-electron chi connectivity index (χ3n) is 0.106. The molecule has 0 heterocycles. The molecule has 0 aromatic carbocycles. The van der Waals surface area contributed by atoms with E-state index in [4.69, 9.17) is 15.0 Å². The van der Waals surface area contributed by atoms with Crippen LogP contribution in [-0.4, -0.2) is 66.4 Å². The summed E-state index contributed by atoms with van der Waals surface area (Å²) in [6, 6.07) is 0. The van der Waals surface area contributed by atoms with Crippen LogP contribution in [0.3, 0.4) is 0 Å². The maximum atomic E-state index is 9.22. The van der Waals surface area contributed by atoms with Gasteiger partial charge in [0.05, 0.1) is 0 Å². The van der Waals surface area contributed by atoms with Crippen molar-refractivity contribution in [3.8, 4) is 0 Å². The van der Waals surface area contributed by atoms with Gasteiger partial charge >= 0.3 is 59.2 Å². The molecule has 0 fully saturated rings. The van der Waals surface area contributed by atoms with Crippen molar-refractivity contribution in [1.29, 1.82) is 0 Å². The maximum absolute atomic E-state index is 9.22. The van der Waals surface area contributed by atoms with Gasteiger partial charge in [0.25, 0.3) is 0 Å². The van der Waals surface area contributed by atoms with E-state index in [1.54, 1.807) is 0 Å². The number of rotatable bonds is 1. The molecule has 0 saturated heterocycles. The molecule has 0 radical (unpaired) electrons. The molecule has 7 heavy (non-hydrogen) atoms. The fourth-order valence-electron chi connectivity index (χ4n) is 0. The Morgan fingerprint density at radius 3 is 1.57 bits per heavy atom. The van der Waals surface area contributed by atoms with E-state index < -0.39 is 7.82 Å². The summed E-state index contributed by atoms with van der Waals surface area (Å²) in [5, 5.41) is 7.14. The minimum atomic E-state index is -4.59. The summed E-state index contributed by atoms with van der Waals surface area (Å²) >= 11 is 0. The van der Waals surface area contributed by atoms with Crippen molar-refractivity contribution >= 4 is 59.2 Å². The van der Waals surface area contributed by atoms with E-state index in [0.29, 0.717) is 0 Å². The van der Waals surface area contributed by atoms with Crippen molar-refractivity contribution in [3.05, 3.63) is 0 Å². The molecule has 0 aromatic heterocycles. The zero-order valence-electron chi connectivity index (χ0n) is 2.61. The molecule has 0 rings (SSSR count). The molecule has 7 heteroatoms. The molecule has 40 valence electrons. The molecule has 0 amide bonds. The van der Waals surface area contributed by atoms with Gasteiger partial charge < -0.3 is 9.79 Å². The molecule has 0 aliphatic heterocycles. The second-order valence-electron chi connectivity index (χ2n) is 0.572. The quantitative estimate of drug-likeness (QED) is 0.193. The summed E-state index contributed by atoms with van der Waals surface area (Å²) < 4.78 is 11.8. The Hall–Kier alpha value is 1.71. The van der Waals surface area contributed by atoms with Gasteiger partial charge in [-0.3, -0.25) is 0 Å². The van der Waals surface area contributed by atoms with Crippen LogP contribution < -0.4 is 0 Å².